The molecule has 0 spiro atoms. The average Bonchev–Trinajstić information content (AvgIpc) is 3.39. The van der Waals surface area contributed by atoms with Gasteiger partial charge in [-0.15, -0.1) is 11.3 Å². The number of thiophene rings is 1. The van der Waals surface area contributed by atoms with Crippen molar-refractivity contribution in [2.75, 3.05) is 4.90 Å². The lowest BCUT2D eigenvalue weighted by atomic mass is 10.1. The van der Waals surface area contributed by atoms with Crippen molar-refractivity contribution in [3.8, 4) is 21.8 Å². The Balaban J connectivity index is 1.64. The number of aryl methyl sites for hydroxylation is 1. The van der Waals surface area contributed by atoms with Crippen molar-refractivity contribution in [1.29, 1.82) is 0 Å². The van der Waals surface area contributed by atoms with Gasteiger partial charge in [0.1, 0.15) is 11.5 Å². The van der Waals surface area contributed by atoms with E-state index in [0.29, 0.717) is 22.9 Å². The molecule has 3 heterocycles. The molecule has 0 atom stereocenters. The van der Waals surface area contributed by atoms with Crippen molar-refractivity contribution in [3.63, 3.8) is 0 Å². The number of hydrogen-bond acceptors (Lipinski definition) is 5. The molecule has 1 aliphatic rings. The van der Waals surface area contributed by atoms with E-state index in [-0.39, 0.29) is 18.0 Å². The topological polar surface area (TPSA) is 89.2 Å². The van der Waals surface area contributed by atoms with Gasteiger partial charge >= 0.3 is 0 Å². The van der Waals surface area contributed by atoms with Crippen molar-refractivity contribution in [2.24, 2.45) is 5.73 Å². The number of nitrogens with two attached hydrogens (primary N) is 1. The third kappa shape index (κ3) is 3.39. The van der Waals surface area contributed by atoms with Crippen molar-refractivity contribution < 1.29 is 9.59 Å². The fraction of sp³-hybridized carbons (Fsp3) is 0.0833. The maximum atomic E-state index is 12.8. The summed E-state index contributed by atoms with van der Waals surface area (Å²) in [7, 11) is 0. The minimum atomic E-state index is -0.668. The molecule has 0 unspecified atom stereocenters. The monoisotopic (exact) mass is 426 g/mol. The fourth-order valence-corrected chi connectivity index (χ4v) is 4.53. The highest BCUT2D eigenvalue weighted by Gasteiger charge is 2.35. The van der Waals surface area contributed by atoms with Crippen LogP contribution in [0.5, 0.6) is 0 Å². The second kappa shape index (κ2) is 7.45. The molecule has 0 radical (unpaired) electrons. The molecule has 1 aliphatic heterocycles. The summed E-state index contributed by atoms with van der Waals surface area (Å²) in [6.45, 7) is 1.98. The molecule has 0 saturated carbocycles. The van der Waals surface area contributed by atoms with Crippen LogP contribution in [0.1, 0.15) is 21.6 Å². The Labute approximate surface area is 183 Å². The number of fused-ring (bicyclic) bond motifs is 1. The molecule has 0 aliphatic carbocycles. The highest BCUT2D eigenvalue weighted by atomic mass is 32.1. The molecule has 2 amide bonds. The summed E-state index contributed by atoms with van der Waals surface area (Å²) < 4.78 is 0. The lowest BCUT2D eigenvalue weighted by Crippen LogP contribution is -2.21. The van der Waals surface area contributed by atoms with Crippen molar-refractivity contribution in [3.05, 3.63) is 82.9 Å². The van der Waals surface area contributed by atoms with E-state index in [4.69, 9.17) is 10.7 Å². The summed E-state index contributed by atoms with van der Waals surface area (Å²) in [6.07, 6.45) is 0.0431. The van der Waals surface area contributed by atoms with E-state index in [1.54, 1.807) is 0 Å². The summed E-state index contributed by atoms with van der Waals surface area (Å²) in [6, 6.07) is 19.6. The second-order valence-electron chi connectivity index (χ2n) is 7.37. The lowest BCUT2D eigenvalue weighted by molar-refractivity contribution is -0.116. The Morgan fingerprint density at radius 3 is 2.48 bits per heavy atom. The number of aromatic nitrogens is 2. The molecular formula is C24H18N4O2S. The highest BCUT2D eigenvalue weighted by molar-refractivity contribution is 7.13. The average molecular weight is 427 g/mol. The summed E-state index contributed by atoms with van der Waals surface area (Å²) in [5.41, 5.74) is 10.1. The van der Waals surface area contributed by atoms with E-state index in [1.165, 1.54) is 16.2 Å². The number of anilines is 2. The first kappa shape index (κ1) is 19.1. The minimum Gasteiger partial charge on any atom is -0.364 e. The van der Waals surface area contributed by atoms with E-state index in [2.05, 4.69) is 4.98 Å². The van der Waals surface area contributed by atoms with Crippen LogP contribution in [-0.4, -0.2) is 21.8 Å². The Hall–Kier alpha value is -3.84. The van der Waals surface area contributed by atoms with Crippen LogP contribution in [-0.2, 0) is 11.2 Å². The van der Waals surface area contributed by atoms with Gasteiger partial charge in [-0.2, -0.15) is 0 Å². The molecule has 2 N–H and O–H groups in total. The van der Waals surface area contributed by atoms with Gasteiger partial charge < -0.3 is 5.73 Å². The molecule has 5 rings (SSSR count). The first-order valence-electron chi connectivity index (χ1n) is 9.76. The summed E-state index contributed by atoms with van der Waals surface area (Å²) >= 11 is 1.48. The van der Waals surface area contributed by atoms with Gasteiger partial charge in [0.2, 0.25) is 5.91 Å². The van der Waals surface area contributed by atoms with Crippen LogP contribution in [0.4, 0.5) is 11.5 Å². The SMILES string of the molecule is Cc1ccc(N2C(=O)Cc3c(C(N)=O)nc(-c4cc(-c5ccccc5)cs4)nc32)cc1. The second-order valence-corrected chi connectivity index (χ2v) is 8.28. The number of hydrogen-bond donors (Lipinski definition) is 1. The normalized spacial score (nSPS) is 12.8. The first-order valence-corrected chi connectivity index (χ1v) is 10.6. The quantitative estimate of drug-likeness (QED) is 0.520. The van der Waals surface area contributed by atoms with Gasteiger partial charge in [-0.3, -0.25) is 14.5 Å². The maximum Gasteiger partial charge on any atom is 0.267 e. The summed E-state index contributed by atoms with van der Waals surface area (Å²) in [4.78, 5) is 36.5. The van der Waals surface area contributed by atoms with Gasteiger partial charge in [-0.1, -0.05) is 48.0 Å². The number of amides is 2. The molecule has 0 bridgehead atoms. The van der Waals surface area contributed by atoms with Crippen LogP contribution < -0.4 is 10.6 Å². The largest absolute Gasteiger partial charge is 0.364 e. The molecule has 4 aromatic rings. The molecular weight excluding hydrogens is 408 g/mol. The van der Waals surface area contributed by atoms with Crippen molar-refractivity contribution >= 4 is 34.7 Å². The van der Waals surface area contributed by atoms with Crippen LogP contribution in [0, 0.1) is 6.92 Å². The van der Waals surface area contributed by atoms with Gasteiger partial charge in [-0.05, 0) is 41.6 Å². The van der Waals surface area contributed by atoms with Crippen LogP contribution >= 0.6 is 11.3 Å². The third-order valence-corrected chi connectivity index (χ3v) is 6.15. The van der Waals surface area contributed by atoms with Crippen molar-refractivity contribution in [1.82, 2.24) is 9.97 Å². The third-order valence-electron chi connectivity index (χ3n) is 5.23. The summed E-state index contributed by atoms with van der Waals surface area (Å²) in [5, 5.41) is 2.02. The van der Waals surface area contributed by atoms with Gasteiger partial charge in [0.25, 0.3) is 5.91 Å². The molecule has 6 nitrogen and oxygen atoms in total. The Kier molecular flexibility index (Phi) is 4.60. The number of benzene rings is 2. The number of carbonyl (C=O) groups excluding carboxylic acids is 2. The van der Waals surface area contributed by atoms with Crippen LogP contribution in [0.2, 0.25) is 0 Å². The predicted octanol–water partition coefficient (Wildman–Crippen LogP) is 4.50. The highest BCUT2D eigenvalue weighted by Crippen LogP contribution is 2.38. The van der Waals surface area contributed by atoms with Gasteiger partial charge in [0.15, 0.2) is 5.82 Å². The number of primary amides is 1. The molecule has 0 saturated heterocycles. The van der Waals surface area contributed by atoms with E-state index >= 15 is 0 Å². The zero-order valence-electron chi connectivity index (χ0n) is 16.7. The molecule has 0 fully saturated rings. The van der Waals surface area contributed by atoms with E-state index in [1.807, 2.05) is 73.0 Å². The van der Waals surface area contributed by atoms with Crippen LogP contribution in [0.15, 0.2) is 66.0 Å². The van der Waals surface area contributed by atoms with Gasteiger partial charge in [0, 0.05) is 5.56 Å². The smallest absolute Gasteiger partial charge is 0.267 e. The van der Waals surface area contributed by atoms with Crippen LogP contribution in [0.3, 0.4) is 0 Å². The first-order chi connectivity index (χ1) is 15.0. The van der Waals surface area contributed by atoms with E-state index in [9.17, 15) is 9.59 Å². The predicted molar refractivity (Wildman–Crippen MR) is 121 cm³/mol. The Bertz CT molecular complexity index is 1310. The molecule has 31 heavy (non-hydrogen) atoms. The number of carbonyl (C=O) groups is 2. The van der Waals surface area contributed by atoms with Crippen LogP contribution in [0.25, 0.3) is 21.8 Å². The Morgan fingerprint density at radius 1 is 1.03 bits per heavy atom. The molecule has 2 aromatic heterocycles. The zero-order chi connectivity index (χ0) is 21.5. The van der Waals surface area contributed by atoms with E-state index < -0.39 is 5.91 Å². The molecule has 2 aromatic carbocycles. The minimum absolute atomic E-state index is 0.0431. The lowest BCUT2D eigenvalue weighted by Gasteiger charge is -2.17. The molecule has 152 valence electrons. The van der Waals surface area contributed by atoms with Crippen molar-refractivity contribution in [2.45, 2.75) is 13.3 Å². The fourth-order valence-electron chi connectivity index (χ4n) is 3.68. The Morgan fingerprint density at radius 2 is 1.77 bits per heavy atom. The zero-order valence-corrected chi connectivity index (χ0v) is 17.5. The molecule has 7 heteroatoms. The van der Waals surface area contributed by atoms with E-state index in [0.717, 1.165) is 21.6 Å². The maximum absolute atomic E-state index is 12.8. The standard InChI is InChI=1S/C24H18N4O2S/c1-14-7-9-17(10-8-14)28-20(29)12-18-21(22(25)30)26-23(27-24(18)28)19-11-16(13-31-19)15-5-3-2-4-6-15/h2-11,13H,12H2,1H3,(H2,25,30). The number of nitrogens with zero attached hydrogens (tertiary/aromatic N) is 3. The summed E-state index contributed by atoms with van der Waals surface area (Å²) in [5.74, 6) is -0.0314. The van der Waals surface area contributed by atoms with Gasteiger partial charge in [-0.25, -0.2) is 9.97 Å². The number of rotatable bonds is 4. The van der Waals surface area contributed by atoms with Gasteiger partial charge in [0.05, 0.1) is 17.0 Å².